The van der Waals surface area contributed by atoms with Crippen molar-refractivity contribution in [2.75, 3.05) is 19.6 Å². The number of carbonyl (C=O) groups is 2. The first-order chi connectivity index (χ1) is 12.5. The fourth-order valence-electron chi connectivity index (χ4n) is 4.71. The number of aliphatic carboxylic acids is 2. The lowest BCUT2D eigenvalue weighted by atomic mass is 9.76. The Bertz CT molecular complexity index is 681. The minimum absolute atomic E-state index is 0.457. The summed E-state index contributed by atoms with van der Waals surface area (Å²) in [4.78, 5) is 32.2. The Kier molecular flexibility index (Phi) is 5.38. The Balaban J connectivity index is 1.91. The van der Waals surface area contributed by atoms with E-state index in [1.54, 1.807) is 18.5 Å². The molecule has 0 radical (unpaired) electrons. The summed E-state index contributed by atoms with van der Waals surface area (Å²) in [5, 5.41) is 20.0. The highest BCUT2D eigenvalue weighted by atomic mass is 16.4. The number of carboxylic acids is 2. The first kappa shape index (κ1) is 18.5. The van der Waals surface area contributed by atoms with Crippen molar-refractivity contribution in [2.24, 2.45) is 5.92 Å². The van der Waals surface area contributed by atoms with E-state index in [2.05, 4.69) is 11.6 Å². The first-order valence-corrected chi connectivity index (χ1v) is 8.96. The predicted octanol–water partition coefficient (Wildman–Crippen LogP) is 1.46. The molecule has 0 aliphatic carbocycles. The Morgan fingerprint density at radius 2 is 2.04 bits per heavy atom. The number of hydrogen-bond acceptors (Lipinski definition) is 5. The van der Waals surface area contributed by atoms with Crippen molar-refractivity contribution in [3.63, 3.8) is 0 Å². The van der Waals surface area contributed by atoms with Crippen LogP contribution < -0.4 is 0 Å². The highest BCUT2D eigenvalue weighted by Gasteiger charge is 2.59. The van der Waals surface area contributed by atoms with Crippen LogP contribution in [0.5, 0.6) is 0 Å². The van der Waals surface area contributed by atoms with E-state index < -0.39 is 29.4 Å². The monoisotopic (exact) mass is 359 g/mol. The van der Waals surface area contributed by atoms with Crippen molar-refractivity contribution in [2.45, 2.75) is 37.4 Å². The van der Waals surface area contributed by atoms with Crippen LogP contribution in [0, 0.1) is 5.92 Å². The van der Waals surface area contributed by atoms with Gasteiger partial charge in [0.2, 0.25) is 0 Å². The number of carboxylic acid groups (broad SMARTS) is 2. The fraction of sp³-hybridized carbons (Fsp3) is 0.526. The SMILES string of the molecule is C=CCN1CCC[C@@]1(C(=O)O)C1CCN(Cc2ccncc2)[C@@H]1C(=O)O. The molecule has 2 N–H and O–H groups in total. The molecule has 1 aromatic heterocycles. The average Bonchev–Trinajstić information content (AvgIpc) is 3.21. The molecule has 0 amide bonds. The van der Waals surface area contributed by atoms with Crippen LogP contribution in [0.4, 0.5) is 0 Å². The smallest absolute Gasteiger partial charge is 0.324 e. The molecule has 3 heterocycles. The van der Waals surface area contributed by atoms with Crippen LogP contribution in [-0.2, 0) is 16.1 Å². The van der Waals surface area contributed by atoms with E-state index >= 15 is 0 Å². The van der Waals surface area contributed by atoms with E-state index in [0.717, 1.165) is 12.0 Å². The molecule has 2 saturated heterocycles. The van der Waals surface area contributed by atoms with Crippen molar-refractivity contribution in [3.05, 3.63) is 42.7 Å². The molecule has 0 spiro atoms. The summed E-state index contributed by atoms with van der Waals surface area (Å²) < 4.78 is 0. The van der Waals surface area contributed by atoms with Crippen LogP contribution >= 0.6 is 0 Å². The standard InChI is InChI=1S/C19H25N3O4/c1-2-10-22-11-3-7-19(22,18(25)26)15-6-12-21(16(15)17(23)24)13-14-4-8-20-9-5-14/h2,4-5,8-9,15-16H,1,3,6-7,10-13H2,(H,23,24)(H,25,26)/t15?,16-,19-/m0/s1. The Morgan fingerprint density at radius 1 is 1.31 bits per heavy atom. The van der Waals surface area contributed by atoms with Crippen LogP contribution in [0.2, 0.25) is 0 Å². The highest BCUT2D eigenvalue weighted by molar-refractivity contribution is 5.83. The van der Waals surface area contributed by atoms with Crippen LogP contribution in [0.3, 0.4) is 0 Å². The maximum absolute atomic E-state index is 12.3. The number of aromatic nitrogens is 1. The third kappa shape index (κ3) is 3.12. The normalized spacial score (nSPS) is 29.7. The number of pyridine rings is 1. The summed E-state index contributed by atoms with van der Waals surface area (Å²) in [6, 6.07) is 2.90. The van der Waals surface area contributed by atoms with Gasteiger partial charge in [-0.15, -0.1) is 6.58 Å². The minimum Gasteiger partial charge on any atom is -0.480 e. The highest BCUT2D eigenvalue weighted by Crippen LogP contribution is 2.44. The Hall–Kier alpha value is -2.25. The van der Waals surface area contributed by atoms with E-state index in [-0.39, 0.29) is 0 Å². The van der Waals surface area contributed by atoms with Crippen molar-refractivity contribution in [1.82, 2.24) is 14.8 Å². The second-order valence-electron chi connectivity index (χ2n) is 7.07. The average molecular weight is 359 g/mol. The van der Waals surface area contributed by atoms with Gasteiger partial charge in [0.1, 0.15) is 11.6 Å². The lowest BCUT2D eigenvalue weighted by molar-refractivity contribution is -0.157. The second kappa shape index (κ2) is 7.55. The van der Waals surface area contributed by atoms with Gasteiger partial charge in [-0.1, -0.05) is 6.08 Å². The summed E-state index contributed by atoms with van der Waals surface area (Å²) in [5.41, 5.74) is -0.157. The number of likely N-dealkylation sites (tertiary alicyclic amines) is 2. The molecular weight excluding hydrogens is 334 g/mol. The summed E-state index contributed by atoms with van der Waals surface area (Å²) in [5.74, 6) is -2.33. The molecule has 7 nitrogen and oxygen atoms in total. The molecule has 0 aromatic carbocycles. The van der Waals surface area contributed by atoms with Gasteiger partial charge in [0.05, 0.1) is 0 Å². The largest absolute Gasteiger partial charge is 0.480 e. The molecule has 140 valence electrons. The van der Waals surface area contributed by atoms with Gasteiger partial charge in [0, 0.05) is 31.4 Å². The molecule has 2 aliphatic heterocycles. The van der Waals surface area contributed by atoms with Gasteiger partial charge < -0.3 is 10.2 Å². The van der Waals surface area contributed by atoms with E-state index in [4.69, 9.17) is 0 Å². The van der Waals surface area contributed by atoms with Crippen LogP contribution in [0.25, 0.3) is 0 Å². The van der Waals surface area contributed by atoms with Crippen LogP contribution in [-0.4, -0.2) is 68.2 Å². The predicted molar refractivity (Wildman–Crippen MR) is 95.5 cm³/mol. The molecule has 3 atom stereocenters. The molecule has 2 fully saturated rings. The minimum atomic E-state index is -1.13. The zero-order valence-electron chi connectivity index (χ0n) is 14.8. The van der Waals surface area contributed by atoms with Gasteiger partial charge in [-0.3, -0.25) is 24.4 Å². The maximum Gasteiger partial charge on any atom is 0.324 e. The Morgan fingerprint density at radius 3 is 2.65 bits per heavy atom. The molecule has 7 heteroatoms. The van der Waals surface area contributed by atoms with Crippen molar-refractivity contribution in [3.8, 4) is 0 Å². The molecule has 26 heavy (non-hydrogen) atoms. The summed E-state index contributed by atoms with van der Waals surface area (Å²) in [6.07, 6.45) is 6.85. The lowest BCUT2D eigenvalue weighted by Crippen LogP contribution is -2.60. The van der Waals surface area contributed by atoms with Gasteiger partial charge in [-0.25, -0.2) is 0 Å². The van der Waals surface area contributed by atoms with Gasteiger partial charge in [0.25, 0.3) is 0 Å². The van der Waals surface area contributed by atoms with Gasteiger partial charge in [-0.2, -0.15) is 0 Å². The lowest BCUT2D eigenvalue weighted by Gasteiger charge is -2.41. The van der Waals surface area contributed by atoms with Crippen molar-refractivity contribution >= 4 is 11.9 Å². The quantitative estimate of drug-likeness (QED) is 0.712. The fourth-order valence-corrected chi connectivity index (χ4v) is 4.71. The van der Waals surface area contributed by atoms with Crippen molar-refractivity contribution in [1.29, 1.82) is 0 Å². The number of rotatable bonds is 7. The van der Waals surface area contributed by atoms with Gasteiger partial charge in [-0.05, 0) is 50.0 Å². The first-order valence-electron chi connectivity index (χ1n) is 8.96. The molecule has 1 aromatic rings. The number of hydrogen-bond donors (Lipinski definition) is 2. The maximum atomic E-state index is 12.3. The topological polar surface area (TPSA) is 94.0 Å². The molecule has 3 rings (SSSR count). The number of nitrogens with zero attached hydrogens (tertiary/aromatic N) is 3. The van der Waals surface area contributed by atoms with Gasteiger partial charge >= 0.3 is 11.9 Å². The summed E-state index contributed by atoms with van der Waals surface area (Å²) in [6.45, 7) is 5.90. The third-order valence-electron chi connectivity index (χ3n) is 5.77. The van der Waals surface area contributed by atoms with Gasteiger partial charge in [0.15, 0.2) is 0 Å². The van der Waals surface area contributed by atoms with E-state index in [1.807, 2.05) is 21.9 Å². The zero-order chi connectivity index (χ0) is 18.7. The molecule has 0 saturated carbocycles. The van der Waals surface area contributed by atoms with E-state index in [1.165, 1.54) is 0 Å². The second-order valence-corrected chi connectivity index (χ2v) is 7.07. The van der Waals surface area contributed by atoms with E-state index in [9.17, 15) is 19.8 Å². The van der Waals surface area contributed by atoms with Crippen LogP contribution in [0.1, 0.15) is 24.8 Å². The van der Waals surface area contributed by atoms with Crippen LogP contribution in [0.15, 0.2) is 37.2 Å². The molecule has 2 aliphatic rings. The van der Waals surface area contributed by atoms with E-state index in [0.29, 0.717) is 39.0 Å². The third-order valence-corrected chi connectivity index (χ3v) is 5.77. The molecule has 0 bridgehead atoms. The molecule has 1 unspecified atom stereocenters. The summed E-state index contributed by atoms with van der Waals surface area (Å²) >= 11 is 0. The molecular formula is C19H25N3O4. The Labute approximate surface area is 152 Å². The summed E-state index contributed by atoms with van der Waals surface area (Å²) in [7, 11) is 0. The zero-order valence-corrected chi connectivity index (χ0v) is 14.8. The van der Waals surface area contributed by atoms with Crippen molar-refractivity contribution < 1.29 is 19.8 Å².